The first-order valence-electron chi connectivity index (χ1n) is 20.3. The molecule has 274 valence electrons. The lowest BCUT2D eigenvalue weighted by Gasteiger charge is -2.28. The molecule has 0 spiro atoms. The van der Waals surface area contributed by atoms with Crippen LogP contribution in [-0.4, -0.2) is 0 Å². The Balaban J connectivity index is 0.983. The second-order valence-corrected chi connectivity index (χ2v) is 16.1. The van der Waals surface area contributed by atoms with Gasteiger partial charge in [-0.25, -0.2) is 0 Å². The number of nitrogens with zero attached hydrogens (tertiary/aromatic N) is 1. The molecule has 1 aliphatic carbocycles. The number of rotatable bonds is 6. The van der Waals surface area contributed by atoms with E-state index in [9.17, 15) is 0 Å². The van der Waals surface area contributed by atoms with Crippen molar-refractivity contribution in [1.82, 2.24) is 0 Å². The molecule has 0 N–H and O–H groups in total. The Hall–Kier alpha value is -7.22. The van der Waals surface area contributed by atoms with Crippen molar-refractivity contribution in [1.29, 1.82) is 0 Å². The van der Waals surface area contributed by atoms with Gasteiger partial charge in [0.2, 0.25) is 0 Å². The summed E-state index contributed by atoms with van der Waals surface area (Å²) < 4.78 is 0. The van der Waals surface area contributed by atoms with Gasteiger partial charge in [-0.05, 0) is 124 Å². The van der Waals surface area contributed by atoms with E-state index >= 15 is 0 Å². The van der Waals surface area contributed by atoms with Crippen molar-refractivity contribution >= 4 is 49.4 Å². The average molecular weight is 740 g/mol. The normalized spacial score (nSPS) is 12.8. The van der Waals surface area contributed by atoms with Gasteiger partial charge in [-0.1, -0.05) is 190 Å². The summed E-state index contributed by atoms with van der Waals surface area (Å²) >= 11 is 0. The van der Waals surface area contributed by atoms with E-state index in [4.69, 9.17) is 0 Å². The van der Waals surface area contributed by atoms with E-state index in [1.54, 1.807) is 0 Å². The quantitative estimate of drug-likeness (QED) is 0.154. The van der Waals surface area contributed by atoms with Crippen LogP contribution in [0.5, 0.6) is 0 Å². The Morgan fingerprint density at radius 1 is 0.293 bits per heavy atom. The van der Waals surface area contributed by atoms with Crippen LogP contribution in [0, 0.1) is 0 Å². The van der Waals surface area contributed by atoms with Crippen LogP contribution in [0.25, 0.3) is 76.8 Å². The Labute approximate surface area is 340 Å². The monoisotopic (exact) mass is 739 g/mol. The Kier molecular flexibility index (Phi) is 7.91. The minimum Gasteiger partial charge on any atom is -0.310 e. The summed E-state index contributed by atoms with van der Waals surface area (Å²) in [6, 6.07) is 78.0. The van der Waals surface area contributed by atoms with E-state index in [1.807, 2.05) is 0 Å². The number of fused-ring (bicyclic) bond motifs is 9. The number of anilines is 3. The molecule has 0 fully saturated rings. The second kappa shape index (κ2) is 13.5. The van der Waals surface area contributed by atoms with E-state index in [2.05, 4.69) is 231 Å². The van der Waals surface area contributed by atoms with E-state index in [0.717, 1.165) is 17.1 Å². The molecule has 0 bridgehead atoms. The topological polar surface area (TPSA) is 3.24 Å². The minimum absolute atomic E-state index is 0.0948. The number of benzene rings is 10. The van der Waals surface area contributed by atoms with Crippen LogP contribution in [0.4, 0.5) is 17.1 Å². The Bertz CT molecular complexity index is 3130. The third kappa shape index (κ3) is 5.46. The lowest BCUT2D eigenvalue weighted by Crippen LogP contribution is -2.16. The summed E-state index contributed by atoms with van der Waals surface area (Å²) in [7, 11) is 0. The van der Waals surface area contributed by atoms with Gasteiger partial charge in [0.25, 0.3) is 0 Å². The van der Waals surface area contributed by atoms with Gasteiger partial charge >= 0.3 is 0 Å². The molecule has 0 aliphatic heterocycles. The lowest BCUT2D eigenvalue weighted by molar-refractivity contribution is 0.660. The molecular formula is C57H41N. The highest BCUT2D eigenvalue weighted by molar-refractivity contribution is 6.28. The lowest BCUT2D eigenvalue weighted by atomic mass is 9.82. The van der Waals surface area contributed by atoms with Crippen LogP contribution in [0.3, 0.4) is 0 Å². The molecule has 10 aromatic rings. The van der Waals surface area contributed by atoms with Crippen LogP contribution in [0.2, 0.25) is 0 Å². The van der Waals surface area contributed by atoms with Gasteiger partial charge < -0.3 is 4.90 Å². The molecule has 1 heteroatoms. The van der Waals surface area contributed by atoms with Crippen LogP contribution in [0.1, 0.15) is 25.0 Å². The zero-order valence-electron chi connectivity index (χ0n) is 32.7. The number of hydrogen-bond acceptors (Lipinski definition) is 1. The third-order valence-electron chi connectivity index (χ3n) is 12.5. The highest BCUT2D eigenvalue weighted by atomic mass is 15.1. The maximum Gasteiger partial charge on any atom is 0.0467 e. The first kappa shape index (κ1) is 34.1. The molecule has 0 saturated heterocycles. The average Bonchev–Trinajstić information content (AvgIpc) is 3.52. The summed E-state index contributed by atoms with van der Waals surface area (Å²) in [6.07, 6.45) is 0. The van der Waals surface area contributed by atoms with Crippen LogP contribution in [0.15, 0.2) is 212 Å². The first-order valence-corrected chi connectivity index (χ1v) is 20.3. The van der Waals surface area contributed by atoms with E-state index in [1.165, 1.54) is 88.0 Å². The summed E-state index contributed by atoms with van der Waals surface area (Å²) in [4.78, 5) is 2.41. The van der Waals surface area contributed by atoms with Crippen molar-refractivity contribution in [2.24, 2.45) is 0 Å². The van der Waals surface area contributed by atoms with Gasteiger partial charge in [0.15, 0.2) is 0 Å². The Morgan fingerprint density at radius 3 is 1.48 bits per heavy atom. The molecule has 0 radical (unpaired) electrons. The fourth-order valence-corrected chi connectivity index (χ4v) is 9.58. The predicted molar refractivity (Wildman–Crippen MR) is 248 cm³/mol. The maximum atomic E-state index is 2.41. The van der Waals surface area contributed by atoms with E-state index < -0.39 is 0 Å². The molecule has 0 atom stereocenters. The highest BCUT2D eigenvalue weighted by Gasteiger charge is 2.35. The van der Waals surface area contributed by atoms with Crippen molar-refractivity contribution in [3.8, 4) is 44.5 Å². The van der Waals surface area contributed by atoms with Gasteiger partial charge in [-0.3, -0.25) is 0 Å². The largest absolute Gasteiger partial charge is 0.310 e. The summed E-state index contributed by atoms with van der Waals surface area (Å²) in [6.45, 7) is 4.71. The van der Waals surface area contributed by atoms with E-state index in [-0.39, 0.29) is 5.41 Å². The van der Waals surface area contributed by atoms with Crippen molar-refractivity contribution in [3.05, 3.63) is 223 Å². The zero-order valence-corrected chi connectivity index (χ0v) is 32.7. The minimum atomic E-state index is -0.0948. The molecule has 1 aliphatic rings. The second-order valence-electron chi connectivity index (χ2n) is 16.1. The highest BCUT2D eigenvalue weighted by Crippen LogP contribution is 2.51. The van der Waals surface area contributed by atoms with Crippen molar-refractivity contribution in [2.45, 2.75) is 19.3 Å². The summed E-state index contributed by atoms with van der Waals surface area (Å²) in [5.41, 5.74) is 16.0. The van der Waals surface area contributed by atoms with Gasteiger partial charge in [-0.2, -0.15) is 0 Å². The molecule has 0 aromatic heterocycles. The van der Waals surface area contributed by atoms with Crippen molar-refractivity contribution < 1.29 is 0 Å². The molecular weight excluding hydrogens is 699 g/mol. The molecule has 11 rings (SSSR count). The van der Waals surface area contributed by atoms with Crippen molar-refractivity contribution in [2.75, 3.05) is 4.90 Å². The van der Waals surface area contributed by atoms with Crippen LogP contribution in [-0.2, 0) is 5.41 Å². The van der Waals surface area contributed by atoms with Crippen molar-refractivity contribution in [3.63, 3.8) is 0 Å². The van der Waals surface area contributed by atoms with E-state index in [0.29, 0.717) is 0 Å². The smallest absolute Gasteiger partial charge is 0.0467 e. The van der Waals surface area contributed by atoms with Gasteiger partial charge in [0, 0.05) is 22.5 Å². The van der Waals surface area contributed by atoms with Gasteiger partial charge in [0.05, 0.1) is 0 Å². The van der Waals surface area contributed by atoms with Gasteiger partial charge in [0.1, 0.15) is 0 Å². The molecule has 10 aromatic carbocycles. The summed E-state index contributed by atoms with van der Waals surface area (Å²) in [5.74, 6) is 0. The number of hydrogen-bond donors (Lipinski definition) is 0. The fraction of sp³-hybridized carbons (Fsp3) is 0.0526. The first-order chi connectivity index (χ1) is 28.5. The summed E-state index contributed by atoms with van der Waals surface area (Å²) in [5, 5.41) is 7.79. The van der Waals surface area contributed by atoms with Crippen LogP contribution < -0.4 is 4.90 Å². The fourth-order valence-electron chi connectivity index (χ4n) is 9.58. The SMILES string of the molecule is CC1(C)c2ccccc2-c2ccc(N(c3ccc(-c4ccc(-c5cccc6c7ccccc7c7ccccc7c56)cc4)cc3)c3cccc(-c4ccccc4)c3)cc21. The maximum absolute atomic E-state index is 2.41. The van der Waals surface area contributed by atoms with Crippen LogP contribution >= 0.6 is 0 Å². The molecule has 0 heterocycles. The zero-order chi connectivity index (χ0) is 38.8. The molecule has 0 amide bonds. The standard InChI is InChI=1S/C57H41N/c1-57(2)54-25-11-10-21-50(54)51-35-34-45(37-55(51)57)58(44-17-12-16-42(36-44)38-14-4-3-5-15-38)43-32-30-40(31-33-43)39-26-28-41(29-27-39)46-23-13-24-53-49-19-7-6-18-47(49)48-20-8-9-22-52(48)56(46)53/h3-37H,1-2H3. The molecule has 0 unspecified atom stereocenters. The van der Waals surface area contributed by atoms with Gasteiger partial charge in [-0.15, -0.1) is 0 Å². The third-order valence-corrected chi connectivity index (χ3v) is 12.5. The molecule has 1 nitrogen and oxygen atoms in total. The molecule has 58 heavy (non-hydrogen) atoms. The molecule has 0 saturated carbocycles. The predicted octanol–water partition coefficient (Wildman–Crippen LogP) is 15.9. The Morgan fingerprint density at radius 2 is 0.759 bits per heavy atom.